The van der Waals surface area contributed by atoms with Gasteiger partial charge in [0.25, 0.3) is 0 Å². The lowest BCUT2D eigenvalue weighted by Gasteiger charge is -2.25. The van der Waals surface area contributed by atoms with Gasteiger partial charge in [0.15, 0.2) is 0 Å². The Labute approximate surface area is 99.6 Å². The number of phenols is 1. The summed E-state index contributed by atoms with van der Waals surface area (Å²) in [4.78, 5) is 0. The van der Waals surface area contributed by atoms with Crippen molar-refractivity contribution in [2.24, 2.45) is 5.73 Å². The summed E-state index contributed by atoms with van der Waals surface area (Å²) in [5, 5.41) is 8.95. The molecule has 0 aliphatic heterocycles. The third-order valence-electron chi connectivity index (χ3n) is 2.00. The highest BCUT2D eigenvalue weighted by molar-refractivity contribution is 5.85. The predicted octanol–water partition coefficient (Wildman–Crippen LogP) is 3.01. The van der Waals surface area contributed by atoms with Gasteiger partial charge in [-0.25, -0.2) is 0 Å². The molecule has 0 fully saturated rings. The van der Waals surface area contributed by atoms with Gasteiger partial charge in [0, 0.05) is 0 Å². The predicted molar refractivity (Wildman–Crippen MR) is 53.3 cm³/mol. The van der Waals surface area contributed by atoms with Gasteiger partial charge in [-0.15, -0.1) is 12.4 Å². The SMILES string of the molecule is Cl.N[C@@H](c1cccc(O)c1)C(F)(F)C(F)(F)F. The minimum atomic E-state index is -5.72. The van der Waals surface area contributed by atoms with Gasteiger partial charge < -0.3 is 10.8 Å². The van der Waals surface area contributed by atoms with E-state index in [1.54, 1.807) is 0 Å². The third-order valence-corrected chi connectivity index (χ3v) is 2.00. The highest BCUT2D eigenvalue weighted by Gasteiger charge is 2.61. The van der Waals surface area contributed by atoms with E-state index in [9.17, 15) is 22.0 Å². The molecule has 0 heterocycles. The van der Waals surface area contributed by atoms with Crippen molar-refractivity contribution in [2.75, 3.05) is 0 Å². The lowest BCUT2D eigenvalue weighted by molar-refractivity contribution is -0.291. The first-order chi connectivity index (χ1) is 7.16. The van der Waals surface area contributed by atoms with Gasteiger partial charge in [0.2, 0.25) is 0 Å². The molecular formula is C9H9ClF5NO. The first-order valence-corrected chi connectivity index (χ1v) is 4.15. The second-order valence-corrected chi connectivity index (χ2v) is 3.19. The Bertz CT molecular complexity index is 382. The minimum absolute atomic E-state index is 0. The lowest BCUT2D eigenvalue weighted by Crippen LogP contribution is -2.45. The first-order valence-electron chi connectivity index (χ1n) is 4.15. The van der Waals surface area contributed by atoms with Gasteiger partial charge in [0.05, 0.1) is 0 Å². The molecule has 0 spiro atoms. The Hall–Kier alpha value is -1.08. The first kappa shape index (κ1) is 15.9. The van der Waals surface area contributed by atoms with Crippen LogP contribution in [-0.4, -0.2) is 17.2 Å². The zero-order valence-corrected chi connectivity index (χ0v) is 9.03. The van der Waals surface area contributed by atoms with Crippen molar-refractivity contribution >= 4 is 12.4 Å². The molecule has 0 radical (unpaired) electrons. The van der Waals surface area contributed by atoms with Crippen LogP contribution in [0.1, 0.15) is 11.6 Å². The van der Waals surface area contributed by atoms with Crippen LogP contribution in [0.15, 0.2) is 24.3 Å². The van der Waals surface area contributed by atoms with Crippen molar-refractivity contribution < 1.29 is 27.1 Å². The van der Waals surface area contributed by atoms with E-state index >= 15 is 0 Å². The molecule has 0 bridgehead atoms. The van der Waals surface area contributed by atoms with Crippen molar-refractivity contribution in [3.63, 3.8) is 0 Å². The topological polar surface area (TPSA) is 46.2 Å². The maximum Gasteiger partial charge on any atom is 0.455 e. The van der Waals surface area contributed by atoms with E-state index in [2.05, 4.69) is 0 Å². The summed E-state index contributed by atoms with van der Waals surface area (Å²) < 4.78 is 61.6. The number of halogens is 6. The fraction of sp³-hybridized carbons (Fsp3) is 0.333. The maximum absolute atomic E-state index is 12.8. The van der Waals surface area contributed by atoms with E-state index in [1.807, 2.05) is 0 Å². The van der Waals surface area contributed by atoms with Crippen LogP contribution in [0.2, 0.25) is 0 Å². The number of rotatable bonds is 2. The van der Waals surface area contributed by atoms with Crippen LogP contribution in [0.3, 0.4) is 0 Å². The Morgan fingerprint density at radius 2 is 1.65 bits per heavy atom. The monoisotopic (exact) mass is 277 g/mol. The second-order valence-electron chi connectivity index (χ2n) is 3.19. The normalized spacial score (nSPS) is 14.0. The molecule has 0 amide bonds. The highest BCUT2D eigenvalue weighted by atomic mass is 35.5. The third kappa shape index (κ3) is 3.19. The van der Waals surface area contributed by atoms with E-state index in [1.165, 1.54) is 0 Å². The molecule has 0 aliphatic carbocycles. The van der Waals surface area contributed by atoms with Crippen molar-refractivity contribution in [1.82, 2.24) is 0 Å². The van der Waals surface area contributed by atoms with E-state index in [0.717, 1.165) is 24.3 Å². The average molecular weight is 278 g/mol. The summed E-state index contributed by atoms with van der Waals surface area (Å²) in [6.45, 7) is 0. The molecule has 1 aromatic carbocycles. The summed E-state index contributed by atoms with van der Waals surface area (Å²) in [6, 6.07) is 1.49. The van der Waals surface area contributed by atoms with Crippen LogP contribution >= 0.6 is 12.4 Å². The standard InChI is InChI=1S/C9H8F5NO.ClH/c10-8(11,9(12,13)14)7(15)5-2-1-3-6(16)4-5;/h1-4,7,16H,15H2;1H/t7-;/m0./s1. The van der Waals surface area contributed by atoms with E-state index in [-0.39, 0.29) is 12.4 Å². The van der Waals surface area contributed by atoms with Crippen LogP contribution in [0.25, 0.3) is 0 Å². The molecular weight excluding hydrogens is 269 g/mol. The number of hydrogen-bond acceptors (Lipinski definition) is 2. The summed E-state index contributed by atoms with van der Waals surface area (Å²) in [6.07, 6.45) is -5.72. The minimum Gasteiger partial charge on any atom is -0.508 e. The Morgan fingerprint density at radius 3 is 2.06 bits per heavy atom. The number of alkyl halides is 5. The van der Waals surface area contributed by atoms with Crippen molar-refractivity contribution in [2.45, 2.75) is 18.1 Å². The molecule has 2 nitrogen and oxygen atoms in total. The second kappa shape index (κ2) is 5.05. The van der Waals surface area contributed by atoms with Gasteiger partial charge in [-0.3, -0.25) is 0 Å². The highest BCUT2D eigenvalue weighted by Crippen LogP contribution is 2.43. The smallest absolute Gasteiger partial charge is 0.455 e. The van der Waals surface area contributed by atoms with Crippen LogP contribution in [-0.2, 0) is 0 Å². The van der Waals surface area contributed by atoms with Crippen molar-refractivity contribution in [1.29, 1.82) is 0 Å². The van der Waals surface area contributed by atoms with Crippen LogP contribution in [0, 0.1) is 0 Å². The maximum atomic E-state index is 12.8. The van der Waals surface area contributed by atoms with Gasteiger partial charge in [-0.05, 0) is 17.7 Å². The quantitative estimate of drug-likeness (QED) is 0.816. The fourth-order valence-corrected chi connectivity index (χ4v) is 1.10. The molecule has 1 atom stereocenters. The molecule has 3 N–H and O–H groups in total. The number of phenolic OH excluding ortho intramolecular Hbond substituents is 1. The largest absolute Gasteiger partial charge is 0.508 e. The average Bonchev–Trinajstić information content (AvgIpc) is 2.14. The Morgan fingerprint density at radius 1 is 1.12 bits per heavy atom. The van der Waals surface area contributed by atoms with Gasteiger partial charge in [-0.2, -0.15) is 22.0 Å². The number of aromatic hydroxyl groups is 1. The molecule has 0 aromatic heterocycles. The zero-order valence-electron chi connectivity index (χ0n) is 8.21. The molecule has 98 valence electrons. The molecule has 0 unspecified atom stereocenters. The van der Waals surface area contributed by atoms with Crippen molar-refractivity contribution in [3.8, 4) is 5.75 Å². The molecule has 0 saturated heterocycles. The zero-order chi connectivity index (χ0) is 12.6. The van der Waals surface area contributed by atoms with Crippen LogP contribution < -0.4 is 5.73 Å². The van der Waals surface area contributed by atoms with Gasteiger partial charge in [0.1, 0.15) is 11.8 Å². The molecule has 17 heavy (non-hydrogen) atoms. The van der Waals surface area contributed by atoms with Crippen LogP contribution in [0.5, 0.6) is 5.75 Å². The summed E-state index contributed by atoms with van der Waals surface area (Å²) >= 11 is 0. The van der Waals surface area contributed by atoms with Crippen LogP contribution in [0.4, 0.5) is 22.0 Å². The van der Waals surface area contributed by atoms with E-state index in [4.69, 9.17) is 10.8 Å². The summed E-state index contributed by atoms with van der Waals surface area (Å²) in [5.74, 6) is -5.47. The van der Waals surface area contributed by atoms with Gasteiger partial charge >= 0.3 is 12.1 Å². The molecule has 8 heteroatoms. The molecule has 1 rings (SSSR count). The lowest BCUT2D eigenvalue weighted by atomic mass is 10.0. The Balaban J connectivity index is 0.00000256. The number of benzene rings is 1. The summed E-state index contributed by atoms with van der Waals surface area (Å²) in [5.41, 5.74) is 4.36. The van der Waals surface area contributed by atoms with Gasteiger partial charge in [-0.1, -0.05) is 12.1 Å². The molecule has 1 aromatic rings. The number of nitrogens with two attached hydrogens (primary N) is 1. The fourth-order valence-electron chi connectivity index (χ4n) is 1.10. The Kier molecular flexibility index (Phi) is 4.73. The summed E-state index contributed by atoms with van der Waals surface area (Å²) in [7, 11) is 0. The van der Waals surface area contributed by atoms with E-state index < -0.39 is 29.5 Å². The van der Waals surface area contributed by atoms with E-state index in [0.29, 0.717) is 0 Å². The number of hydrogen-bond donors (Lipinski definition) is 2. The van der Waals surface area contributed by atoms with Crippen molar-refractivity contribution in [3.05, 3.63) is 29.8 Å². The molecule has 0 saturated carbocycles. The molecule has 0 aliphatic rings.